The number of aromatic nitrogens is 4. The summed E-state index contributed by atoms with van der Waals surface area (Å²) in [7, 11) is 0. The first-order valence-corrected chi connectivity index (χ1v) is 4.54. The van der Waals surface area contributed by atoms with Crippen LogP contribution in [-0.4, -0.2) is 19.7 Å². The average molecular weight is 239 g/mol. The van der Waals surface area contributed by atoms with Crippen molar-refractivity contribution in [3.05, 3.63) is 35.0 Å². The Morgan fingerprint density at radius 2 is 2.23 bits per heavy atom. The van der Waals surface area contributed by atoms with Crippen molar-refractivity contribution < 1.29 is 0 Å². The number of hydrogen-bond donors (Lipinski definition) is 0. The Morgan fingerprint density at radius 3 is 2.85 bits per heavy atom. The molecule has 0 aliphatic carbocycles. The third kappa shape index (κ3) is 1.60. The number of nitrogens with zero attached hydrogens (tertiary/aromatic N) is 4. The molecule has 0 atom stereocenters. The summed E-state index contributed by atoms with van der Waals surface area (Å²) in [6, 6.07) is 0. The van der Waals surface area contributed by atoms with Gasteiger partial charge in [-0.2, -0.15) is 5.10 Å². The molecule has 2 heterocycles. The number of hydrogen-bond acceptors (Lipinski definition) is 3. The molecule has 66 valence electrons. The summed E-state index contributed by atoms with van der Waals surface area (Å²) in [5.41, 5.74) is 1.10. The van der Waals surface area contributed by atoms with Crippen molar-refractivity contribution in [2.45, 2.75) is 6.92 Å². The van der Waals surface area contributed by atoms with E-state index in [0.29, 0.717) is 0 Å². The van der Waals surface area contributed by atoms with E-state index in [4.69, 9.17) is 0 Å². The van der Waals surface area contributed by atoms with Crippen LogP contribution >= 0.6 is 15.9 Å². The molecular weight excluding hydrogens is 232 g/mol. The second kappa shape index (κ2) is 3.26. The van der Waals surface area contributed by atoms with Crippen molar-refractivity contribution in [3.8, 4) is 5.82 Å². The zero-order valence-electron chi connectivity index (χ0n) is 6.98. The van der Waals surface area contributed by atoms with Gasteiger partial charge in [-0.15, -0.1) is 0 Å². The van der Waals surface area contributed by atoms with Crippen LogP contribution in [0.4, 0.5) is 0 Å². The van der Waals surface area contributed by atoms with Crippen LogP contribution in [0.15, 0.2) is 29.4 Å². The molecule has 4 nitrogen and oxygen atoms in total. The predicted octanol–water partition coefficient (Wildman–Crippen LogP) is 1.73. The Balaban J connectivity index is 2.52. The topological polar surface area (TPSA) is 43.6 Å². The van der Waals surface area contributed by atoms with Crippen molar-refractivity contribution in [2.75, 3.05) is 0 Å². The van der Waals surface area contributed by atoms with Crippen molar-refractivity contribution in [3.63, 3.8) is 0 Å². The van der Waals surface area contributed by atoms with Crippen LogP contribution in [0.3, 0.4) is 0 Å². The lowest BCUT2D eigenvalue weighted by molar-refractivity contribution is 0.833. The SMILES string of the molecule is Cc1cnn(-c2ncncc2Br)c1. The molecule has 0 amide bonds. The van der Waals surface area contributed by atoms with E-state index in [0.717, 1.165) is 15.9 Å². The molecule has 5 heteroatoms. The molecule has 0 bridgehead atoms. The van der Waals surface area contributed by atoms with Crippen LogP contribution in [0.1, 0.15) is 5.56 Å². The second-order valence-electron chi connectivity index (χ2n) is 2.66. The highest BCUT2D eigenvalue weighted by molar-refractivity contribution is 9.10. The van der Waals surface area contributed by atoms with Gasteiger partial charge in [0.15, 0.2) is 5.82 Å². The van der Waals surface area contributed by atoms with E-state index in [9.17, 15) is 0 Å². The second-order valence-corrected chi connectivity index (χ2v) is 3.51. The summed E-state index contributed by atoms with van der Waals surface area (Å²) >= 11 is 3.36. The van der Waals surface area contributed by atoms with E-state index < -0.39 is 0 Å². The van der Waals surface area contributed by atoms with Gasteiger partial charge in [-0.3, -0.25) is 0 Å². The Hall–Kier alpha value is -1.23. The first kappa shape index (κ1) is 8.37. The zero-order valence-corrected chi connectivity index (χ0v) is 8.56. The standard InChI is InChI=1S/C8H7BrN4/c1-6-2-12-13(4-6)8-7(9)3-10-5-11-8/h2-5H,1H3. The molecule has 0 aliphatic heterocycles. The molecule has 0 spiro atoms. The Kier molecular flexibility index (Phi) is 2.10. The smallest absolute Gasteiger partial charge is 0.170 e. The van der Waals surface area contributed by atoms with E-state index in [2.05, 4.69) is 31.0 Å². The van der Waals surface area contributed by atoms with Gasteiger partial charge in [0.25, 0.3) is 0 Å². The third-order valence-corrected chi connectivity index (χ3v) is 2.14. The summed E-state index contributed by atoms with van der Waals surface area (Å²) in [6.45, 7) is 1.98. The van der Waals surface area contributed by atoms with Gasteiger partial charge in [0.2, 0.25) is 0 Å². The van der Waals surface area contributed by atoms with Gasteiger partial charge in [0.1, 0.15) is 6.33 Å². The van der Waals surface area contributed by atoms with Gasteiger partial charge in [0, 0.05) is 12.4 Å². The lowest BCUT2D eigenvalue weighted by atomic mass is 10.4. The third-order valence-electron chi connectivity index (χ3n) is 1.58. The molecular formula is C8H7BrN4. The van der Waals surface area contributed by atoms with Crippen LogP contribution in [0, 0.1) is 6.92 Å². The van der Waals surface area contributed by atoms with Crippen LogP contribution in [0.2, 0.25) is 0 Å². The first-order chi connectivity index (χ1) is 6.27. The highest BCUT2D eigenvalue weighted by Gasteiger charge is 2.03. The normalized spacial score (nSPS) is 10.3. The van der Waals surface area contributed by atoms with E-state index in [1.807, 2.05) is 13.1 Å². The summed E-state index contributed by atoms with van der Waals surface area (Å²) < 4.78 is 2.54. The van der Waals surface area contributed by atoms with Gasteiger partial charge in [-0.25, -0.2) is 14.6 Å². The molecule has 0 saturated carbocycles. The largest absolute Gasteiger partial charge is 0.243 e. The van der Waals surface area contributed by atoms with Gasteiger partial charge in [-0.1, -0.05) is 0 Å². The fraction of sp³-hybridized carbons (Fsp3) is 0.125. The highest BCUT2D eigenvalue weighted by Crippen LogP contribution is 2.15. The van der Waals surface area contributed by atoms with Crippen LogP contribution in [-0.2, 0) is 0 Å². The van der Waals surface area contributed by atoms with Crippen LogP contribution in [0.5, 0.6) is 0 Å². The van der Waals surface area contributed by atoms with Gasteiger partial charge in [0.05, 0.1) is 10.7 Å². The Bertz CT molecular complexity index is 424. The van der Waals surface area contributed by atoms with E-state index in [-0.39, 0.29) is 0 Å². The monoisotopic (exact) mass is 238 g/mol. The molecule has 0 fully saturated rings. The Labute approximate surface area is 83.8 Å². The quantitative estimate of drug-likeness (QED) is 0.761. The molecule has 0 unspecified atom stereocenters. The minimum Gasteiger partial charge on any atom is -0.243 e. The summed E-state index contributed by atoms with van der Waals surface area (Å²) in [6.07, 6.45) is 6.89. The van der Waals surface area contributed by atoms with Gasteiger partial charge in [-0.05, 0) is 28.4 Å². The van der Waals surface area contributed by atoms with Gasteiger partial charge >= 0.3 is 0 Å². The molecule has 0 aliphatic rings. The van der Waals surface area contributed by atoms with Crippen molar-refractivity contribution in [1.29, 1.82) is 0 Å². The Morgan fingerprint density at radius 1 is 1.38 bits per heavy atom. The van der Waals surface area contributed by atoms with E-state index in [1.54, 1.807) is 17.1 Å². The van der Waals surface area contributed by atoms with Crippen LogP contribution in [0.25, 0.3) is 5.82 Å². The minimum absolute atomic E-state index is 0.753. The molecule has 2 rings (SSSR count). The lowest BCUT2D eigenvalue weighted by Crippen LogP contribution is -1.99. The predicted molar refractivity (Wildman–Crippen MR) is 51.6 cm³/mol. The summed E-state index contributed by atoms with van der Waals surface area (Å²) in [5.74, 6) is 0.753. The fourth-order valence-electron chi connectivity index (χ4n) is 1.00. The zero-order chi connectivity index (χ0) is 9.26. The van der Waals surface area contributed by atoms with Crippen molar-refractivity contribution in [2.24, 2.45) is 0 Å². The fourth-order valence-corrected chi connectivity index (χ4v) is 1.41. The van der Waals surface area contributed by atoms with Crippen molar-refractivity contribution >= 4 is 15.9 Å². The molecule has 2 aromatic rings. The van der Waals surface area contributed by atoms with E-state index >= 15 is 0 Å². The maximum absolute atomic E-state index is 4.14. The number of rotatable bonds is 1. The summed E-state index contributed by atoms with van der Waals surface area (Å²) in [4.78, 5) is 7.98. The van der Waals surface area contributed by atoms with Crippen LogP contribution < -0.4 is 0 Å². The van der Waals surface area contributed by atoms with E-state index in [1.165, 1.54) is 6.33 Å². The maximum atomic E-state index is 4.14. The molecule has 2 aromatic heterocycles. The number of aryl methyl sites for hydroxylation is 1. The minimum atomic E-state index is 0.753. The highest BCUT2D eigenvalue weighted by atomic mass is 79.9. The lowest BCUT2D eigenvalue weighted by Gasteiger charge is -2.00. The van der Waals surface area contributed by atoms with Gasteiger partial charge < -0.3 is 0 Å². The number of halogens is 1. The molecule has 0 saturated heterocycles. The molecule has 0 aromatic carbocycles. The van der Waals surface area contributed by atoms with Crippen molar-refractivity contribution in [1.82, 2.24) is 19.7 Å². The summed E-state index contributed by atoms with van der Waals surface area (Å²) in [5, 5.41) is 4.14. The molecule has 13 heavy (non-hydrogen) atoms. The molecule has 0 radical (unpaired) electrons. The maximum Gasteiger partial charge on any atom is 0.170 e. The first-order valence-electron chi connectivity index (χ1n) is 3.74. The average Bonchev–Trinajstić information content (AvgIpc) is 2.53. The molecule has 0 N–H and O–H groups in total.